The largest absolute Gasteiger partial charge is 0.436 e. The van der Waals surface area contributed by atoms with Crippen LogP contribution in [0.2, 0.25) is 0 Å². The Morgan fingerprint density at radius 2 is 1.65 bits per heavy atom. The van der Waals surface area contributed by atoms with E-state index in [1.54, 1.807) is 6.20 Å². The number of aliphatic hydroxyl groups is 1. The lowest BCUT2D eigenvalue weighted by Crippen LogP contribution is -2.41. The second-order valence-corrected chi connectivity index (χ2v) is 10.3. The molecule has 0 radical (unpaired) electrons. The minimum absolute atomic E-state index is 0.121. The van der Waals surface area contributed by atoms with Crippen molar-refractivity contribution in [2.75, 3.05) is 33.9 Å². The van der Waals surface area contributed by atoms with Crippen molar-refractivity contribution in [2.45, 2.75) is 50.7 Å². The number of oxazole rings is 1. The van der Waals surface area contributed by atoms with Crippen LogP contribution in [-0.4, -0.2) is 48.4 Å². The van der Waals surface area contributed by atoms with Crippen molar-refractivity contribution < 1.29 is 18.7 Å². The molecule has 0 bridgehead atoms. The molecular formula is C29H39N2O3+. The molecule has 1 atom stereocenters. The molecule has 34 heavy (non-hydrogen) atoms. The lowest BCUT2D eigenvalue weighted by molar-refractivity contribution is -0.904. The Hall–Kier alpha value is -2.47. The third-order valence-corrected chi connectivity index (χ3v) is 7.09. The standard InChI is InChI=1S/C29H39N2O3/c1-31(2,19-21-33-20-18-24-12-6-3-7-13-24)23-27-22-30-28(34-27)29(32,25-14-8-4-9-15-25)26-16-10-5-11-17-26/h3-4,6-9,12-15,22,26,32H,5,10-11,16-21,23H2,1-2H3/q+1/t29-/m0/s1. The summed E-state index contributed by atoms with van der Waals surface area (Å²) in [6, 6.07) is 20.3. The maximum Gasteiger partial charge on any atom is 0.231 e. The van der Waals surface area contributed by atoms with E-state index in [-0.39, 0.29) is 5.92 Å². The molecule has 5 heteroatoms. The number of likely N-dealkylation sites (N-methyl/N-ethyl adjacent to an activating group) is 1. The summed E-state index contributed by atoms with van der Waals surface area (Å²) in [4.78, 5) is 4.61. The van der Waals surface area contributed by atoms with E-state index in [2.05, 4.69) is 43.3 Å². The van der Waals surface area contributed by atoms with Crippen LogP contribution in [-0.2, 0) is 23.3 Å². The summed E-state index contributed by atoms with van der Waals surface area (Å²) in [6.07, 6.45) is 8.22. The molecule has 0 unspecified atom stereocenters. The van der Waals surface area contributed by atoms with Gasteiger partial charge in [0.25, 0.3) is 0 Å². The van der Waals surface area contributed by atoms with Gasteiger partial charge in [0.15, 0.2) is 11.4 Å². The van der Waals surface area contributed by atoms with Gasteiger partial charge in [-0.2, -0.15) is 0 Å². The van der Waals surface area contributed by atoms with Gasteiger partial charge in [-0.25, -0.2) is 4.98 Å². The zero-order valence-electron chi connectivity index (χ0n) is 20.7. The number of benzene rings is 2. The first kappa shape index (κ1) is 24.6. The number of hydrogen-bond donors (Lipinski definition) is 1. The minimum Gasteiger partial charge on any atom is -0.436 e. The Balaban J connectivity index is 1.37. The van der Waals surface area contributed by atoms with Gasteiger partial charge in [0.2, 0.25) is 5.89 Å². The fourth-order valence-corrected chi connectivity index (χ4v) is 5.05. The summed E-state index contributed by atoms with van der Waals surface area (Å²) < 4.78 is 12.9. The molecule has 182 valence electrons. The Kier molecular flexibility index (Phi) is 8.19. The molecule has 0 amide bonds. The SMILES string of the molecule is C[N+](C)(CCOCCc1ccccc1)Cc1cnc([C@](O)(c2ccccc2)C2CCCCC2)o1. The first-order chi connectivity index (χ1) is 16.5. The van der Waals surface area contributed by atoms with Crippen LogP contribution in [0.25, 0.3) is 0 Å². The normalized spacial score (nSPS) is 16.9. The minimum atomic E-state index is -1.18. The zero-order valence-corrected chi connectivity index (χ0v) is 20.7. The second-order valence-electron chi connectivity index (χ2n) is 10.3. The highest BCUT2D eigenvalue weighted by Crippen LogP contribution is 2.43. The van der Waals surface area contributed by atoms with E-state index in [1.807, 2.05) is 36.4 Å². The van der Waals surface area contributed by atoms with Crippen molar-refractivity contribution in [2.24, 2.45) is 5.92 Å². The molecule has 1 heterocycles. The Bertz CT molecular complexity index is 996. The highest BCUT2D eigenvalue weighted by atomic mass is 16.5. The van der Waals surface area contributed by atoms with Crippen LogP contribution in [0, 0.1) is 5.92 Å². The van der Waals surface area contributed by atoms with E-state index in [9.17, 15) is 5.11 Å². The zero-order chi connectivity index (χ0) is 23.9. The van der Waals surface area contributed by atoms with Crippen molar-refractivity contribution >= 4 is 0 Å². The molecule has 5 nitrogen and oxygen atoms in total. The molecule has 1 aliphatic rings. The fourth-order valence-electron chi connectivity index (χ4n) is 5.05. The maximum atomic E-state index is 12.0. The average molecular weight is 464 g/mol. The maximum absolute atomic E-state index is 12.0. The summed E-state index contributed by atoms with van der Waals surface area (Å²) in [7, 11) is 4.35. The van der Waals surface area contributed by atoms with Crippen LogP contribution in [0.5, 0.6) is 0 Å². The number of aromatic nitrogens is 1. The van der Waals surface area contributed by atoms with Crippen molar-refractivity contribution in [1.29, 1.82) is 0 Å². The molecule has 3 aromatic rings. The number of rotatable bonds is 11. The average Bonchev–Trinajstić information content (AvgIpc) is 3.33. The number of hydrogen-bond acceptors (Lipinski definition) is 4. The predicted molar refractivity (Wildman–Crippen MR) is 134 cm³/mol. The Labute approximate surface area is 204 Å². The van der Waals surface area contributed by atoms with Crippen LogP contribution in [0.3, 0.4) is 0 Å². The molecule has 1 aliphatic carbocycles. The second kappa shape index (κ2) is 11.3. The summed E-state index contributed by atoms with van der Waals surface area (Å²) in [5, 5.41) is 12.0. The van der Waals surface area contributed by atoms with Crippen LogP contribution >= 0.6 is 0 Å². The summed E-state index contributed by atoms with van der Waals surface area (Å²) in [6.45, 7) is 2.99. The van der Waals surface area contributed by atoms with Gasteiger partial charge in [-0.1, -0.05) is 79.9 Å². The summed E-state index contributed by atoms with van der Waals surface area (Å²) in [5.41, 5.74) is 0.989. The highest BCUT2D eigenvalue weighted by Gasteiger charge is 2.44. The van der Waals surface area contributed by atoms with E-state index in [0.717, 1.165) is 61.1 Å². The molecule has 0 saturated heterocycles. The van der Waals surface area contributed by atoms with Gasteiger partial charge >= 0.3 is 0 Å². The Morgan fingerprint density at radius 1 is 0.971 bits per heavy atom. The smallest absolute Gasteiger partial charge is 0.231 e. The third kappa shape index (κ3) is 6.15. The molecule has 1 aromatic heterocycles. The van der Waals surface area contributed by atoms with Crippen molar-refractivity contribution in [3.05, 3.63) is 89.6 Å². The van der Waals surface area contributed by atoms with Crippen LogP contribution in [0.15, 0.2) is 71.3 Å². The van der Waals surface area contributed by atoms with Gasteiger partial charge in [0.05, 0.1) is 33.5 Å². The predicted octanol–water partition coefficient (Wildman–Crippen LogP) is 5.33. The molecule has 4 rings (SSSR count). The molecule has 1 N–H and O–H groups in total. The molecular weight excluding hydrogens is 424 g/mol. The summed E-state index contributed by atoms with van der Waals surface area (Å²) >= 11 is 0. The van der Waals surface area contributed by atoms with Gasteiger partial charge in [-0.3, -0.25) is 0 Å². The number of quaternary nitrogens is 1. The first-order valence-corrected chi connectivity index (χ1v) is 12.6. The first-order valence-electron chi connectivity index (χ1n) is 12.6. The lowest BCUT2D eigenvalue weighted by atomic mass is 9.73. The van der Waals surface area contributed by atoms with E-state index < -0.39 is 5.60 Å². The van der Waals surface area contributed by atoms with Crippen LogP contribution in [0.4, 0.5) is 0 Å². The molecule has 0 spiro atoms. The molecule has 0 aliphatic heterocycles. The summed E-state index contributed by atoms with van der Waals surface area (Å²) in [5.74, 6) is 1.35. The van der Waals surface area contributed by atoms with Gasteiger partial charge in [-0.05, 0) is 30.4 Å². The molecule has 1 saturated carbocycles. The molecule has 2 aromatic carbocycles. The van der Waals surface area contributed by atoms with E-state index in [0.29, 0.717) is 19.0 Å². The number of nitrogens with zero attached hydrogens (tertiary/aromatic N) is 2. The topological polar surface area (TPSA) is 55.5 Å². The fraction of sp³-hybridized carbons (Fsp3) is 0.483. The van der Waals surface area contributed by atoms with E-state index >= 15 is 0 Å². The number of ether oxygens (including phenoxy) is 1. The van der Waals surface area contributed by atoms with Crippen LogP contribution in [0.1, 0.15) is 54.9 Å². The van der Waals surface area contributed by atoms with Crippen LogP contribution < -0.4 is 0 Å². The van der Waals surface area contributed by atoms with Crippen molar-refractivity contribution in [3.8, 4) is 0 Å². The van der Waals surface area contributed by atoms with E-state index in [4.69, 9.17) is 9.15 Å². The van der Waals surface area contributed by atoms with Crippen molar-refractivity contribution in [3.63, 3.8) is 0 Å². The monoisotopic (exact) mass is 463 g/mol. The Morgan fingerprint density at radius 3 is 2.35 bits per heavy atom. The van der Waals surface area contributed by atoms with Gasteiger partial charge in [0, 0.05) is 5.92 Å². The van der Waals surface area contributed by atoms with Gasteiger partial charge in [-0.15, -0.1) is 0 Å². The third-order valence-electron chi connectivity index (χ3n) is 7.09. The van der Waals surface area contributed by atoms with Gasteiger partial charge in [0.1, 0.15) is 13.1 Å². The van der Waals surface area contributed by atoms with Crippen molar-refractivity contribution in [1.82, 2.24) is 4.98 Å². The van der Waals surface area contributed by atoms with Gasteiger partial charge < -0.3 is 18.7 Å². The highest BCUT2D eigenvalue weighted by molar-refractivity contribution is 5.30. The lowest BCUT2D eigenvalue weighted by Gasteiger charge is -2.36. The quantitative estimate of drug-likeness (QED) is 0.309. The molecule has 1 fully saturated rings. The van der Waals surface area contributed by atoms with E-state index in [1.165, 1.54) is 12.0 Å².